The fourth-order valence-corrected chi connectivity index (χ4v) is 3.93. The zero-order chi connectivity index (χ0) is 19.8. The van der Waals surface area contributed by atoms with E-state index < -0.39 is 4.92 Å². The highest BCUT2D eigenvalue weighted by Gasteiger charge is 2.24. The van der Waals surface area contributed by atoms with Gasteiger partial charge in [-0.2, -0.15) is 0 Å². The molecule has 2 heterocycles. The standard InChI is InChI=1S/C21H18ClN3O3/c1-13-15(4-3-7-19(13)25(27)28)21(26)24-10-8-14(9-11-24)17-12-23-20-16(17)5-2-6-18(20)22/h2-8,12,23H,9-11H2,1H3. The predicted molar refractivity (Wildman–Crippen MR) is 110 cm³/mol. The Morgan fingerprint density at radius 1 is 1.25 bits per heavy atom. The first-order chi connectivity index (χ1) is 13.5. The summed E-state index contributed by atoms with van der Waals surface area (Å²) in [5.74, 6) is -0.182. The van der Waals surface area contributed by atoms with Crippen LogP contribution in [0.3, 0.4) is 0 Å². The lowest BCUT2D eigenvalue weighted by molar-refractivity contribution is -0.385. The van der Waals surface area contributed by atoms with Crippen LogP contribution >= 0.6 is 11.6 Å². The lowest BCUT2D eigenvalue weighted by Gasteiger charge is -2.27. The lowest BCUT2D eigenvalue weighted by atomic mass is 9.98. The third kappa shape index (κ3) is 3.05. The van der Waals surface area contributed by atoms with Crippen LogP contribution in [0.25, 0.3) is 16.5 Å². The molecule has 142 valence electrons. The number of halogens is 1. The van der Waals surface area contributed by atoms with Crippen molar-refractivity contribution in [2.75, 3.05) is 13.1 Å². The molecule has 1 N–H and O–H groups in total. The molecule has 28 heavy (non-hydrogen) atoms. The van der Waals surface area contributed by atoms with Crippen molar-refractivity contribution in [2.45, 2.75) is 13.3 Å². The number of hydrogen-bond donors (Lipinski definition) is 1. The Bertz CT molecular complexity index is 1130. The Morgan fingerprint density at radius 2 is 2.04 bits per heavy atom. The molecule has 0 atom stereocenters. The molecular weight excluding hydrogens is 378 g/mol. The summed E-state index contributed by atoms with van der Waals surface area (Å²) >= 11 is 6.24. The number of carbonyl (C=O) groups excluding carboxylic acids is 1. The molecule has 0 saturated heterocycles. The molecule has 1 aliphatic heterocycles. The van der Waals surface area contributed by atoms with Crippen molar-refractivity contribution in [1.29, 1.82) is 0 Å². The van der Waals surface area contributed by atoms with Gasteiger partial charge in [0.2, 0.25) is 0 Å². The Labute approximate surface area is 166 Å². The van der Waals surface area contributed by atoms with Gasteiger partial charge in [-0.1, -0.05) is 35.9 Å². The molecule has 2 aromatic carbocycles. The smallest absolute Gasteiger partial charge is 0.273 e. The summed E-state index contributed by atoms with van der Waals surface area (Å²) in [7, 11) is 0. The van der Waals surface area contributed by atoms with Crippen LogP contribution in [0.1, 0.15) is 27.9 Å². The normalized spacial score (nSPS) is 14.2. The van der Waals surface area contributed by atoms with Crippen LogP contribution in [0.4, 0.5) is 5.69 Å². The predicted octanol–water partition coefficient (Wildman–Crippen LogP) is 4.97. The van der Waals surface area contributed by atoms with Gasteiger partial charge in [0.15, 0.2) is 0 Å². The summed E-state index contributed by atoms with van der Waals surface area (Å²) in [6, 6.07) is 10.4. The number of nitrogens with one attached hydrogen (secondary N) is 1. The van der Waals surface area contributed by atoms with Crippen LogP contribution in [-0.2, 0) is 0 Å². The van der Waals surface area contributed by atoms with Crippen molar-refractivity contribution in [3.8, 4) is 0 Å². The molecule has 0 radical (unpaired) electrons. The molecular formula is C21H18ClN3O3. The van der Waals surface area contributed by atoms with Gasteiger partial charge in [-0.25, -0.2) is 0 Å². The van der Waals surface area contributed by atoms with Crippen molar-refractivity contribution >= 4 is 39.7 Å². The van der Waals surface area contributed by atoms with Crippen molar-refractivity contribution in [3.05, 3.63) is 80.5 Å². The maximum atomic E-state index is 12.9. The van der Waals surface area contributed by atoms with Gasteiger partial charge in [-0.05, 0) is 31.1 Å². The average Bonchev–Trinajstić information content (AvgIpc) is 3.13. The molecule has 0 aliphatic carbocycles. The van der Waals surface area contributed by atoms with Gasteiger partial charge in [0.05, 0.1) is 15.5 Å². The van der Waals surface area contributed by atoms with Gasteiger partial charge in [-0.15, -0.1) is 0 Å². The summed E-state index contributed by atoms with van der Waals surface area (Å²) in [6.07, 6.45) is 4.70. The van der Waals surface area contributed by atoms with E-state index >= 15 is 0 Å². The number of para-hydroxylation sites is 1. The molecule has 4 rings (SSSR count). The number of rotatable bonds is 3. The highest BCUT2D eigenvalue weighted by molar-refractivity contribution is 6.35. The van der Waals surface area contributed by atoms with E-state index in [1.807, 2.05) is 30.5 Å². The van der Waals surface area contributed by atoms with E-state index in [2.05, 4.69) is 4.98 Å². The molecule has 7 heteroatoms. The van der Waals surface area contributed by atoms with E-state index in [0.717, 1.165) is 22.0 Å². The Balaban J connectivity index is 1.59. The van der Waals surface area contributed by atoms with Gasteiger partial charge in [-0.3, -0.25) is 14.9 Å². The van der Waals surface area contributed by atoms with E-state index in [1.165, 1.54) is 6.07 Å². The largest absolute Gasteiger partial charge is 0.359 e. The number of benzene rings is 2. The minimum atomic E-state index is -0.456. The van der Waals surface area contributed by atoms with Crippen LogP contribution in [0, 0.1) is 17.0 Å². The maximum Gasteiger partial charge on any atom is 0.273 e. The van der Waals surface area contributed by atoms with Crippen LogP contribution in [0.5, 0.6) is 0 Å². The van der Waals surface area contributed by atoms with Gasteiger partial charge in [0.1, 0.15) is 0 Å². The number of nitro benzene ring substituents is 1. The molecule has 0 bridgehead atoms. The number of aromatic nitrogens is 1. The van der Waals surface area contributed by atoms with Gasteiger partial charge in [0.25, 0.3) is 11.6 Å². The van der Waals surface area contributed by atoms with Crippen LogP contribution in [0.2, 0.25) is 5.02 Å². The molecule has 1 aliphatic rings. The topological polar surface area (TPSA) is 79.2 Å². The molecule has 0 unspecified atom stereocenters. The van der Waals surface area contributed by atoms with E-state index in [-0.39, 0.29) is 11.6 Å². The minimum absolute atomic E-state index is 0.0326. The summed E-state index contributed by atoms with van der Waals surface area (Å²) < 4.78 is 0. The lowest BCUT2D eigenvalue weighted by Crippen LogP contribution is -2.35. The van der Waals surface area contributed by atoms with E-state index in [0.29, 0.717) is 35.7 Å². The molecule has 0 fully saturated rings. The SMILES string of the molecule is Cc1c(C(=O)N2CC=C(c3c[nH]c4c(Cl)cccc34)CC2)cccc1[N+](=O)[O-]. The number of carbonyl (C=O) groups is 1. The summed E-state index contributed by atoms with van der Waals surface area (Å²) in [6.45, 7) is 2.63. The second kappa shape index (κ2) is 7.13. The number of nitrogens with zero attached hydrogens (tertiary/aromatic N) is 2. The Kier molecular flexibility index (Phi) is 4.65. The second-order valence-corrected chi connectivity index (χ2v) is 7.21. The third-order valence-electron chi connectivity index (χ3n) is 5.24. The number of H-pyrrole nitrogens is 1. The second-order valence-electron chi connectivity index (χ2n) is 6.80. The van der Waals surface area contributed by atoms with Crippen LogP contribution in [0.15, 0.2) is 48.7 Å². The number of amides is 1. The van der Waals surface area contributed by atoms with Gasteiger partial charge < -0.3 is 9.88 Å². The fraction of sp³-hybridized carbons (Fsp3) is 0.190. The number of hydrogen-bond acceptors (Lipinski definition) is 3. The first kappa shape index (κ1) is 18.3. The zero-order valence-corrected chi connectivity index (χ0v) is 16.0. The maximum absolute atomic E-state index is 12.9. The average molecular weight is 396 g/mol. The summed E-state index contributed by atoms with van der Waals surface area (Å²) in [5.41, 5.74) is 3.91. The first-order valence-electron chi connectivity index (χ1n) is 8.95. The van der Waals surface area contributed by atoms with E-state index in [9.17, 15) is 14.9 Å². The molecule has 6 nitrogen and oxygen atoms in total. The first-order valence-corrected chi connectivity index (χ1v) is 9.33. The van der Waals surface area contributed by atoms with Gasteiger partial charge in [0, 0.05) is 47.4 Å². The number of fused-ring (bicyclic) bond motifs is 1. The zero-order valence-electron chi connectivity index (χ0n) is 15.2. The van der Waals surface area contributed by atoms with E-state index in [1.54, 1.807) is 24.0 Å². The van der Waals surface area contributed by atoms with Crippen molar-refractivity contribution in [2.24, 2.45) is 0 Å². The van der Waals surface area contributed by atoms with Crippen molar-refractivity contribution in [3.63, 3.8) is 0 Å². The molecule has 0 saturated carbocycles. The number of nitro groups is 1. The van der Waals surface area contributed by atoms with Gasteiger partial charge >= 0.3 is 0 Å². The quantitative estimate of drug-likeness (QED) is 0.502. The highest BCUT2D eigenvalue weighted by Crippen LogP contribution is 2.32. The third-order valence-corrected chi connectivity index (χ3v) is 5.55. The molecule has 0 spiro atoms. The Hall–Kier alpha value is -3.12. The summed E-state index contributed by atoms with van der Waals surface area (Å²) in [4.78, 5) is 28.5. The monoisotopic (exact) mass is 395 g/mol. The Morgan fingerprint density at radius 3 is 2.75 bits per heavy atom. The minimum Gasteiger partial charge on any atom is -0.359 e. The molecule has 3 aromatic rings. The summed E-state index contributed by atoms with van der Waals surface area (Å²) in [5, 5.41) is 12.9. The van der Waals surface area contributed by atoms with Crippen LogP contribution < -0.4 is 0 Å². The highest BCUT2D eigenvalue weighted by atomic mass is 35.5. The van der Waals surface area contributed by atoms with Crippen molar-refractivity contribution < 1.29 is 9.72 Å². The molecule has 1 amide bonds. The van der Waals surface area contributed by atoms with Crippen molar-refractivity contribution in [1.82, 2.24) is 9.88 Å². The van der Waals surface area contributed by atoms with E-state index in [4.69, 9.17) is 11.6 Å². The molecule has 1 aromatic heterocycles. The number of aromatic amines is 1. The fourth-order valence-electron chi connectivity index (χ4n) is 3.70. The van der Waals surface area contributed by atoms with Crippen LogP contribution in [-0.4, -0.2) is 33.8 Å².